The first-order chi connectivity index (χ1) is 4.81. The zero-order chi connectivity index (χ0) is 9.07. The summed E-state index contributed by atoms with van der Waals surface area (Å²) in [6.45, 7) is 4.06. The summed E-state index contributed by atoms with van der Waals surface area (Å²) in [5, 5.41) is 0. The topological polar surface area (TPSA) is 60.2 Å². The summed E-state index contributed by atoms with van der Waals surface area (Å²) < 4.78 is 21.5. The Labute approximate surface area is 81.0 Å². The Hall–Kier alpha value is 0.200. The molecule has 0 aromatic rings. The monoisotopic (exact) mass is 215 g/mol. The van der Waals surface area contributed by atoms with Gasteiger partial charge in [0.2, 0.25) is 0 Å². The van der Waals surface area contributed by atoms with Gasteiger partial charge in [0.15, 0.2) is 0 Å². The average molecular weight is 216 g/mol. The molecular formula is C7H18ClNO2S. The van der Waals surface area contributed by atoms with Crippen molar-refractivity contribution in [3.05, 3.63) is 0 Å². The van der Waals surface area contributed by atoms with Gasteiger partial charge >= 0.3 is 0 Å². The van der Waals surface area contributed by atoms with E-state index in [-0.39, 0.29) is 24.2 Å². The largest absolute Gasteiger partial charge is 0.327 e. The van der Waals surface area contributed by atoms with Gasteiger partial charge in [0, 0.05) is 12.3 Å². The minimum absolute atomic E-state index is 0. The second kappa shape index (κ2) is 5.78. The van der Waals surface area contributed by atoms with Crippen molar-refractivity contribution in [2.45, 2.75) is 26.3 Å². The molecule has 12 heavy (non-hydrogen) atoms. The van der Waals surface area contributed by atoms with E-state index in [9.17, 15) is 8.42 Å². The number of rotatable bonds is 4. The molecule has 0 radical (unpaired) electrons. The van der Waals surface area contributed by atoms with Gasteiger partial charge in [-0.3, -0.25) is 0 Å². The molecule has 0 aliphatic heterocycles. The highest BCUT2D eigenvalue weighted by Gasteiger charge is 2.11. The van der Waals surface area contributed by atoms with Crippen molar-refractivity contribution in [1.29, 1.82) is 0 Å². The normalized spacial score (nSPS) is 14.1. The van der Waals surface area contributed by atoms with Crippen molar-refractivity contribution < 1.29 is 8.42 Å². The van der Waals surface area contributed by atoms with Gasteiger partial charge in [0.1, 0.15) is 9.84 Å². The molecule has 0 fully saturated rings. The maximum atomic E-state index is 10.7. The second-order valence-corrected chi connectivity index (χ2v) is 5.67. The summed E-state index contributed by atoms with van der Waals surface area (Å²) in [6, 6.07) is -0.204. The average Bonchev–Trinajstić information content (AvgIpc) is 1.53. The maximum Gasteiger partial charge on any atom is 0.148 e. The first kappa shape index (κ1) is 14.7. The standard InChI is InChI=1S/C7H17NO2S.ClH/c1-6(2)4-7(8)5-11(3,9)10;/h6-7H,4-5,8H2,1-3H3;1H/t7-;/m1./s1. The van der Waals surface area contributed by atoms with E-state index in [1.165, 1.54) is 6.26 Å². The predicted molar refractivity (Wildman–Crippen MR) is 54.4 cm³/mol. The maximum absolute atomic E-state index is 10.7. The molecule has 0 saturated carbocycles. The molecule has 0 saturated heterocycles. The van der Waals surface area contributed by atoms with Crippen LogP contribution in [0.1, 0.15) is 20.3 Å². The Balaban J connectivity index is 0. The first-order valence-electron chi connectivity index (χ1n) is 3.74. The van der Waals surface area contributed by atoms with Gasteiger partial charge in [-0.15, -0.1) is 12.4 Å². The lowest BCUT2D eigenvalue weighted by Gasteiger charge is -2.11. The molecular weight excluding hydrogens is 198 g/mol. The molecule has 0 aliphatic carbocycles. The van der Waals surface area contributed by atoms with Crippen LogP contribution in [0.3, 0.4) is 0 Å². The van der Waals surface area contributed by atoms with Crippen molar-refractivity contribution in [3.8, 4) is 0 Å². The number of sulfone groups is 1. The van der Waals surface area contributed by atoms with E-state index in [0.717, 1.165) is 6.42 Å². The molecule has 0 aliphatic rings. The van der Waals surface area contributed by atoms with Crippen molar-refractivity contribution in [1.82, 2.24) is 0 Å². The Kier molecular flexibility index (Phi) is 7.08. The van der Waals surface area contributed by atoms with E-state index in [0.29, 0.717) is 5.92 Å². The van der Waals surface area contributed by atoms with Crippen LogP contribution in [0.4, 0.5) is 0 Å². The van der Waals surface area contributed by atoms with Crippen LogP contribution in [0.5, 0.6) is 0 Å². The second-order valence-electron chi connectivity index (χ2n) is 3.48. The van der Waals surface area contributed by atoms with Crippen LogP contribution in [-0.2, 0) is 9.84 Å². The highest BCUT2D eigenvalue weighted by Crippen LogP contribution is 2.03. The molecule has 0 amide bonds. The molecule has 0 spiro atoms. The lowest BCUT2D eigenvalue weighted by Crippen LogP contribution is -2.30. The molecule has 0 aromatic carbocycles. The summed E-state index contributed by atoms with van der Waals surface area (Å²) in [6.07, 6.45) is 1.99. The molecule has 5 heteroatoms. The summed E-state index contributed by atoms with van der Waals surface area (Å²) >= 11 is 0. The third-order valence-electron chi connectivity index (χ3n) is 1.29. The summed E-state index contributed by atoms with van der Waals surface area (Å²) in [5.41, 5.74) is 5.58. The highest BCUT2D eigenvalue weighted by atomic mass is 35.5. The number of nitrogens with two attached hydrogens (primary N) is 1. The van der Waals surface area contributed by atoms with E-state index in [1.54, 1.807) is 0 Å². The smallest absolute Gasteiger partial charge is 0.148 e. The zero-order valence-electron chi connectivity index (χ0n) is 7.78. The fourth-order valence-electron chi connectivity index (χ4n) is 1.06. The molecule has 0 bridgehead atoms. The number of hydrogen-bond donors (Lipinski definition) is 1. The molecule has 76 valence electrons. The molecule has 1 atom stereocenters. The quantitative estimate of drug-likeness (QED) is 0.756. The Bertz CT molecular complexity index is 201. The third kappa shape index (κ3) is 10.2. The minimum atomic E-state index is -2.89. The molecule has 0 heterocycles. The Morgan fingerprint density at radius 2 is 1.75 bits per heavy atom. The van der Waals surface area contributed by atoms with Crippen molar-refractivity contribution in [3.63, 3.8) is 0 Å². The fourth-order valence-corrected chi connectivity index (χ4v) is 1.98. The van der Waals surface area contributed by atoms with Gasteiger partial charge in [-0.2, -0.15) is 0 Å². The van der Waals surface area contributed by atoms with Crippen molar-refractivity contribution in [2.75, 3.05) is 12.0 Å². The van der Waals surface area contributed by atoms with Gasteiger partial charge < -0.3 is 5.73 Å². The molecule has 0 unspecified atom stereocenters. The lowest BCUT2D eigenvalue weighted by molar-refractivity contribution is 0.514. The van der Waals surface area contributed by atoms with Crippen molar-refractivity contribution in [2.24, 2.45) is 11.7 Å². The van der Waals surface area contributed by atoms with Crippen molar-refractivity contribution >= 4 is 22.2 Å². The van der Waals surface area contributed by atoms with Crippen LogP contribution in [0.25, 0.3) is 0 Å². The summed E-state index contributed by atoms with van der Waals surface area (Å²) in [7, 11) is -2.89. The van der Waals surface area contributed by atoms with E-state index < -0.39 is 9.84 Å². The Morgan fingerprint density at radius 1 is 1.33 bits per heavy atom. The predicted octanol–water partition coefficient (Wildman–Crippen LogP) is 0.826. The number of hydrogen-bond acceptors (Lipinski definition) is 3. The van der Waals surface area contributed by atoms with Gasteiger partial charge in [0.25, 0.3) is 0 Å². The molecule has 0 rings (SSSR count). The van der Waals surface area contributed by atoms with E-state index >= 15 is 0 Å². The van der Waals surface area contributed by atoms with Crippen LogP contribution < -0.4 is 5.73 Å². The first-order valence-corrected chi connectivity index (χ1v) is 5.80. The van der Waals surface area contributed by atoms with E-state index in [4.69, 9.17) is 5.73 Å². The van der Waals surface area contributed by atoms with Gasteiger partial charge in [0.05, 0.1) is 5.75 Å². The minimum Gasteiger partial charge on any atom is -0.327 e. The SMILES string of the molecule is CC(C)C[C@@H](N)CS(C)(=O)=O.Cl. The third-order valence-corrected chi connectivity index (χ3v) is 2.32. The molecule has 0 aromatic heterocycles. The summed E-state index contributed by atoms with van der Waals surface area (Å²) in [5.74, 6) is 0.567. The highest BCUT2D eigenvalue weighted by molar-refractivity contribution is 7.90. The lowest BCUT2D eigenvalue weighted by atomic mass is 10.1. The van der Waals surface area contributed by atoms with Gasteiger partial charge in [-0.1, -0.05) is 13.8 Å². The van der Waals surface area contributed by atoms with Gasteiger partial charge in [-0.25, -0.2) is 8.42 Å². The number of halogens is 1. The van der Waals surface area contributed by atoms with Crippen LogP contribution in [0, 0.1) is 5.92 Å². The van der Waals surface area contributed by atoms with E-state index in [1.807, 2.05) is 13.8 Å². The van der Waals surface area contributed by atoms with Crippen LogP contribution in [0.15, 0.2) is 0 Å². The molecule has 3 nitrogen and oxygen atoms in total. The van der Waals surface area contributed by atoms with Gasteiger partial charge in [-0.05, 0) is 12.3 Å². The van der Waals surface area contributed by atoms with E-state index in [2.05, 4.69) is 0 Å². The molecule has 2 N–H and O–H groups in total. The fraction of sp³-hybridized carbons (Fsp3) is 1.00. The Morgan fingerprint density at radius 3 is 2.00 bits per heavy atom. The van der Waals surface area contributed by atoms with Crippen LogP contribution >= 0.6 is 12.4 Å². The summed E-state index contributed by atoms with van der Waals surface area (Å²) in [4.78, 5) is 0. The van der Waals surface area contributed by atoms with Crippen LogP contribution in [-0.4, -0.2) is 26.5 Å². The zero-order valence-corrected chi connectivity index (χ0v) is 9.41. The van der Waals surface area contributed by atoms with Crippen LogP contribution in [0.2, 0.25) is 0 Å².